The second-order valence-corrected chi connectivity index (χ2v) is 8.67. The topological polar surface area (TPSA) is 80.2 Å². The molecule has 0 bridgehead atoms. The molecule has 0 spiro atoms. The van der Waals surface area contributed by atoms with Crippen molar-refractivity contribution in [2.45, 2.75) is 33.4 Å². The van der Waals surface area contributed by atoms with Crippen LogP contribution in [-0.2, 0) is 6.54 Å². The molecule has 0 saturated carbocycles. The van der Waals surface area contributed by atoms with Crippen molar-refractivity contribution < 1.29 is 9.59 Å². The van der Waals surface area contributed by atoms with Gasteiger partial charge in [-0.25, -0.2) is 0 Å². The minimum atomic E-state index is -0.596. The SMILES string of the molecule is CCNC(=O)c1cn(CC(C)C)cc(C(=O)N[C@H](c2ccccc2)c2ccc(Cl)cc2)c1=O. The monoisotopic (exact) mass is 465 g/mol. The highest BCUT2D eigenvalue weighted by Crippen LogP contribution is 2.24. The fraction of sp³-hybridized carbons (Fsp3) is 0.269. The first-order chi connectivity index (χ1) is 15.8. The molecule has 1 aromatic heterocycles. The van der Waals surface area contributed by atoms with E-state index in [1.54, 1.807) is 23.6 Å². The summed E-state index contributed by atoms with van der Waals surface area (Å²) in [4.78, 5) is 39.0. The van der Waals surface area contributed by atoms with Crippen LogP contribution in [0.15, 0.2) is 71.8 Å². The number of carbonyl (C=O) groups is 2. The van der Waals surface area contributed by atoms with E-state index >= 15 is 0 Å². The smallest absolute Gasteiger partial charge is 0.257 e. The average molecular weight is 466 g/mol. The van der Waals surface area contributed by atoms with E-state index in [9.17, 15) is 14.4 Å². The molecule has 0 radical (unpaired) electrons. The predicted octanol–water partition coefficient (Wildman–Crippen LogP) is 4.43. The first-order valence-corrected chi connectivity index (χ1v) is 11.3. The maximum absolute atomic E-state index is 13.4. The summed E-state index contributed by atoms with van der Waals surface area (Å²) in [6, 6.07) is 16.2. The Kier molecular flexibility index (Phi) is 8.06. The Labute approximate surface area is 198 Å². The zero-order chi connectivity index (χ0) is 24.0. The molecule has 0 unspecified atom stereocenters. The van der Waals surface area contributed by atoms with E-state index in [2.05, 4.69) is 10.6 Å². The van der Waals surface area contributed by atoms with Crippen molar-refractivity contribution in [1.29, 1.82) is 0 Å². The molecule has 33 heavy (non-hydrogen) atoms. The van der Waals surface area contributed by atoms with Crippen LogP contribution in [0.25, 0.3) is 0 Å². The predicted molar refractivity (Wildman–Crippen MR) is 131 cm³/mol. The summed E-state index contributed by atoms with van der Waals surface area (Å²) in [6.07, 6.45) is 3.03. The van der Waals surface area contributed by atoms with Crippen LogP contribution in [0, 0.1) is 5.92 Å². The van der Waals surface area contributed by atoms with Crippen molar-refractivity contribution in [1.82, 2.24) is 15.2 Å². The van der Waals surface area contributed by atoms with Crippen LogP contribution in [0.1, 0.15) is 58.7 Å². The molecule has 0 aliphatic carbocycles. The third-order valence-corrected chi connectivity index (χ3v) is 5.35. The molecule has 0 aliphatic heterocycles. The molecule has 3 aromatic rings. The molecule has 7 heteroatoms. The molecule has 172 valence electrons. The number of pyridine rings is 1. The second-order valence-electron chi connectivity index (χ2n) is 8.23. The van der Waals surface area contributed by atoms with Gasteiger partial charge in [-0.1, -0.05) is 67.9 Å². The lowest BCUT2D eigenvalue weighted by Gasteiger charge is -2.21. The molecule has 1 atom stereocenters. The zero-order valence-corrected chi connectivity index (χ0v) is 19.7. The Bertz CT molecular complexity index is 1170. The molecular formula is C26H28ClN3O3. The Morgan fingerprint density at radius 1 is 0.909 bits per heavy atom. The number of carbonyl (C=O) groups excluding carboxylic acids is 2. The number of halogens is 1. The minimum Gasteiger partial charge on any atom is -0.352 e. The number of nitrogens with zero attached hydrogens (tertiary/aromatic N) is 1. The van der Waals surface area contributed by atoms with E-state index in [-0.39, 0.29) is 17.0 Å². The average Bonchev–Trinajstić information content (AvgIpc) is 2.79. The van der Waals surface area contributed by atoms with Crippen molar-refractivity contribution in [3.05, 3.63) is 104 Å². The van der Waals surface area contributed by atoms with Crippen molar-refractivity contribution in [2.24, 2.45) is 5.92 Å². The van der Waals surface area contributed by atoms with Crippen molar-refractivity contribution in [2.75, 3.05) is 6.54 Å². The molecule has 0 saturated heterocycles. The van der Waals surface area contributed by atoms with Gasteiger partial charge in [0.15, 0.2) is 0 Å². The molecule has 3 rings (SSSR count). The fourth-order valence-corrected chi connectivity index (χ4v) is 3.73. The van der Waals surface area contributed by atoms with Gasteiger partial charge in [0.2, 0.25) is 5.43 Å². The van der Waals surface area contributed by atoms with Gasteiger partial charge in [-0.05, 0) is 36.1 Å². The first kappa shape index (κ1) is 24.3. The number of hydrogen-bond acceptors (Lipinski definition) is 3. The molecule has 2 aromatic carbocycles. The first-order valence-electron chi connectivity index (χ1n) is 10.9. The van der Waals surface area contributed by atoms with Gasteiger partial charge in [0.25, 0.3) is 11.8 Å². The quantitative estimate of drug-likeness (QED) is 0.516. The van der Waals surface area contributed by atoms with Crippen molar-refractivity contribution in [3.8, 4) is 0 Å². The largest absolute Gasteiger partial charge is 0.352 e. The lowest BCUT2D eigenvalue weighted by atomic mass is 9.98. The highest BCUT2D eigenvalue weighted by atomic mass is 35.5. The van der Waals surface area contributed by atoms with Crippen LogP contribution in [0.5, 0.6) is 0 Å². The third-order valence-electron chi connectivity index (χ3n) is 5.09. The maximum atomic E-state index is 13.4. The second kappa shape index (κ2) is 11.0. The zero-order valence-electron chi connectivity index (χ0n) is 19.0. The van der Waals surface area contributed by atoms with Gasteiger partial charge < -0.3 is 15.2 Å². The van der Waals surface area contributed by atoms with Gasteiger partial charge in [0, 0.05) is 30.5 Å². The van der Waals surface area contributed by atoms with Crippen LogP contribution in [0.2, 0.25) is 5.02 Å². The normalized spacial score (nSPS) is 11.8. The molecule has 2 N–H and O–H groups in total. The maximum Gasteiger partial charge on any atom is 0.257 e. The van der Waals surface area contributed by atoms with Crippen LogP contribution >= 0.6 is 11.6 Å². The molecule has 1 heterocycles. The van der Waals surface area contributed by atoms with Crippen molar-refractivity contribution >= 4 is 23.4 Å². The van der Waals surface area contributed by atoms with Gasteiger partial charge in [0.1, 0.15) is 11.1 Å². The number of benzene rings is 2. The number of rotatable bonds is 8. The number of hydrogen-bond donors (Lipinski definition) is 2. The molecule has 0 aliphatic rings. The fourth-order valence-electron chi connectivity index (χ4n) is 3.61. The highest BCUT2D eigenvalue weighted by Gasteiger charge is 2.23. The standard InChI is InChI=1S/C26H28ClN3O3/c1-4-28-25(32)21-15-30(14-17(2)3)16-22(24(21)31)26(33)29-23(18-8-6-5-7-9-18)19-10-12-20(27)13-11-19/h5-13,15-17,23H,4,14H2,1-3H3,(H,28,32)(H,29,33)/t23-/m1/s1. The van der Waals surface area contributed by atoms with Gasteiger partial charge in [-0.2, -0.15) is 0 Å². The minimum absolute atomic E-state index is 0.0482. The molecule has 2 amide bonds. The summed E-state index contributed by atoms with van der Waals surface area (Å²) in [5, 5.41) is 6.21. The van der Waals surface area contributed by atoms with E-state index in [0.29, 0.717) is 18.1 Å². The van der Waals surface area contributed by atoms with Crippen LogP contribution < -0.4 is 16.1 Å². The van der Waals surface area contributed by atoms with Crippen LogP contribution in [0.3, 0.4) is 0 Å². The summed E-state index contributed by atoms with van der Waals surface area (Å²) in [5.74, 6) is -0.781. The Morgan fingerprint density at radius 3 is 2.06 bits per heavy atom. The number of nitrogens with one attached hydrogen (secondary N) is 2. The lowest BCUT2D eigenvalue weighted by molar-refractivity contribution is 0.0940. The highest BCUT2D eigenvalue weighted by molar-refractivity contribution is 6.30. The third kappa shape index (κ3) is 6.11. The summed E-state index contributed by atoms with van der Waals surface area (Å²) >= 11 is 6.05. The van der Waals surface area contributed by atoms with Gasteiger partial charge in [0.05, 0.1) is 6.04 Å². The number of amides is 2. The number of aromatic nitrogens is 1. The van der Waals surface area contributed by atoms with Gasteiger partial charge in [-0.15, -0.1) is 0 Å². The van der Waals surface area contributed by atoms with E-state index in [1.165, 1.54) is 12.4 Å². The Morgan fingerprint density at radius 2 is 1.48 bits per heavy atom. The van der Waals surface area contributed by atoms with Crippen LogP contribution in [-0.4, -0.2) is 22.9 Å². The Balaban J connectivity index is 2.04. The van der Waals surface area contributed by atoms with E-state index in [0.717, 1.165) is 11.1 Å². The van der Waals surface area contributed by atoms with E-state index in [1.807, 2.05) is 56.3 Å². The lowest BCUT2D eigenvalue weighted by Crippen LogP contribution is -2.37. The Hall–Kier alpha value is -3.38. The van der Waals surface area contributed by atoms with Gasteiger partial charge in [-0.3, -0.25) is 14.4 Å². The molecule has 0 fully saturated rings. The summed E-state index contributed by atoms with van der Waals surface area (Å²) in [5.41, 5.74) is 0.959. The molecule has 6 nitrogen and oxygen atoms in total. The van der Waals surface area contributed by atoms with Gasteiger partial charge >= 0.3 is 0 Å². The van der Waals surface area contributed by atoms with Crippen molar-refractivity contribution in [3.63, 3.8) is 0 Å². The summed E-state index contributed by atoms with van der Waals surface area (Å²) < 4.78 is 1.73. The van der Waals surface area contributed by atoms with E-state index in [4.69, 9.17) is 11.6 Å². The van der Waals surface area contributed by atoms with E-state index < -0.39 is 23.3 Å². The molecular weight excluding hydrogens is 438 g/mol. The summed E-state index contributed by atoms with van der Waals surface area (Å²) in [6.45, 7) is 6.76. The van der Waals surface area contributed by atoms with Crippen LogP contribution in [0.4, 0.5) is 0 Å². The summed E-state index contributed by atoms with van der Waals surface area (Å²) in [7, 11) is 0.